The lowest BCUT2D eigenvalue weighted by Crippen LogP contribution is -1.93. The van der Waals surface area contributed by atoms with E-state index in [1.54, 1.807) is 0 Å². The highest BCUT2D eigenvalue weighted by atomic mass is 79.9. The van der Waals surface area contributed by atoms with Crippen LogP contribution in [-0.2, 0) is 19.4 Å². The van der Waals surface area contributed by atoms with Gasteiger partial charge in [0, 0.05) is 23.6 Å². The third-order valence-electron chi connectivity index (χ3n) is 3.61. The van der Waals surface area contributed by atoms with E-state index in [4.69, 9.17) is 0 Å². The molecule has 112 valence electrons. The van der Waals surface area contributed by atoms with Crippen LogP contribution in [0.15, 0.2) is 59.2 Å². The van der Waals surface area contributed by atoms with E-state index in [9.17, 15) is 0 Å². The minimum Gasteiger partial charge on any atom is -0.253 e. The maximum Gasteiger partial charge on any atom is 0.0870 e. The Balaban J connectivity index is 1.73. The second-order valence-corrected chi connectivity index (χ2v) is 6.28. The maximum atomic E-state index is 4.21. The quantitative estimate of drug-likeness (QED) is 0.685. The Hall–Kier alpha value is -1.94. The molecule has 22 heavy (non-hydrogen) atoms. The molecule has 0 fully saturated rings. The molecule has 0 saturated carbocycles. The molecule has 0 radical (unpaired) electrons. The van der Waals surface area contributed by atoms with Crippen LogP contribution < -0.4 is 0 Å². The smallest absolute Gasteiger partial charge is 0.0870 e. The lowest BCUT2D eigenvalue weighted by molar-refractivity contribution is 0.626. The number of rotatable bonds is 5. The monoisotopic (exact) mass is 355 g/mol. The second kappa shape index (κ2) is 6.88. The molecule has 4 heteroatoms. The molecule has 0 atom stereocenters. The minimum atomic E-state index is 0.828. The summed E-state index contributed by atoms with van der Waals surface area (Å²) >= 11 is 3.47. The highest BCUT2D eigenvalue weighted by Crippen LogP contribution is 2.16. The Bertz CT molecular complexity index is 747. The first kappa shape index (κ1) is 15.0. The number of hydrogen-bond acceptors (Lipinski definition) is 2. The van der Waals surface area contributed by atoms with Gasteiger partial charge in [0.15, 0.2) is 0 Å². The number of halogens is 1. The Morgan fingerprint density at radius 1 is 0.955 bits per heavy atom. The van der Waals surface area contributed by atoms with E-state index in [0.29, 0.717) is 0 Å². The van der Waals surface area contributed by atoms with Gasteiger partial charge in [-0.25, -0.2) is 0 Å². The molecular weight excluding hydrogens is 338 g/mol. The van der Waals surface area contributed by atoms with E-state index in [1.807, 2.05) is 10.9 Å². The molecule has 0 unspecified atom stereocenters. The summed E-state index contributed by atoms with van der Waals surface area (Å²) in [6, 6.07) is 17.2. The summed E-state index contributed by atoms with van der Waals surface area (Å²) in [5, 5.41) is 8.30. The van der Waals surface area contributed by atoms with E-state index in [0.717, 1.165) is 29.6 Å². The Labute approximate surface area is 139 Å². The molecule has 0 bridgehead atoms. The van der Waals surface area contributed by atoms with E-state index >= 15 is 0 Å². The van der Waals surface area contributed by atoms with Gasteiger partial charge in [-0.1, -0.05) is 57.5 Å². The topological polar surface area (TPSA) is 30.7 Å². The SMILES string of the molecule is CCn1cc(Cc2cccc(Cc3ccc(Br)cc3)c2)nn1. The zero-order valence-corrected chi connectivity index (χ0v) is 14.1. The number of benzene rings is 2. The summed E-state index contributed by atoms with van der Waals surface area (Å²) in [6.07, 6.45) is 3.79. The Morgan fingerprint density at radius 3 is 2.36 bits per heavy atom. The number of aryl methyl sites for hydroxylation is 1. The third kappa shape index (κ3) is 3.83. The van der Waals surface area contributed by atoms with Crippen LogP contribution in [0.4, 0.5) is 0 Å². The number of nitrogens with zero attached hydrogens (tertiary/aromatic N) is 3. The van der Waals surface area contributed by atoms with Crippen molar-refractivity contribution in [2.45, 2.75) is 26.3 Å². The first-order valence-corrected chi connectivity index (χ1v) is 8.23. The fraction of sp³-hybridized carbons (Fsp3) is 0.222. The Kier molecular flexibility index (Phi) is 4.68. The fourth-order valence-corrected chi connectivity index (χ4v) is 2.74. The van der Waals surface area contributed by atoms with Crippen LogP contribution in [0.1, 0.15) is 29.3 Å². The van der Waals surface area contributed by atoms with E-state index < -0.39 is 0 Å². The van der Waals surface area contributed by atoms with Crippen molar-refractivity contribution < 1.29 is 0 Å². The van der Waals surface area contributed by atoms with Crippen molar-refractivity contribution in [1.29, 1.82) is 0 Å². The van der Waals surface area contributed by atoms with Crippen molar-refractivity contribution >= 4 is 15.9 Å². The van der Waals surface area contributed by atoms with Gasteiger partial charge in [-0.3, -0.25) is 4.68 Å². The molecule has 0 N–H and O–H groups in total. The van der Waals surface area contributed by atoms with Crippen LogP contribution in [0.5, 0.6) is 0 Å². The number of aromatic nitrogens is 3. The summed E-state index contributed by atoms with van der Waals surface area (Å²) in [6.45, 7) is 2.92. The lowest BCUT2D eigenvalue weighted by Gasteiger charge is -2.05. The number of hydrogen-bond donors (Lipinski definition) is 0. The van der Waals surface area contributed by atoms with Gasteiger partial charge in [-0.2, -0.15) is 0 Å². The predicted octanol–water partition coefficient (Wildman–Crippen LogP) is 4.24. The normalized spacial score (nSPS) is 10.8. The van der Waals surface area contributed by atoms with Gasteiger partial charge in [0.1, 0.15) is 0 Å². The molecule has 1 heterocycles. The molecule has 0 saturated heterocycles. The van der Waals surface area contributed by atoms with Gasteiger partial charge in [-0.05, 0) is 42.2 Å². The molecule has 0 aliphatic rings. The Morgan fingerprint density at radius 2 is 1.68 bits per heavy atom. The average Bonchev–Trinajstić information content (AvgIpc) is 2.98. The van der Waals surface area contributed by atoms with Crippen molar-refractivity contribution in [1.82, 2.24) is 15.0 Å². The van der Waals surface area contributed by atoms with Gasteiger partial charge in [0.05, 0.1) is 5.69 Å². The van der Waals surface area contributed by atoms with Gasteiger partial charge < -0.3 is 0 Å². The van der Waals surface area contributed by atoms with Gasteiger partial charge in [0.25, 0.3) is 0 Å². The predicted molar refractivity (Wildman–Crippen MR) is 91.9 cm³/mol. The molecule has 2 aromatic carbocycles. The van der Waals surface area contributed by atoms with E-state index in [-0.39, 0.29) is 0 Å². The van der Waals surface area contributed by atoms with E-state index in [1.165, 1.54) is 16.7 Å². The van der Waals surface area contributed by atoms with Gasteiger partial charge >= 0.3 is 0 Å². The zero-order chi connectivity index (χ0) is 15.4. The second-order valence-electron chi connectivity index (χ2n) is 5.37. The summed E-state index contributed by atoms with van der Waals surface area (Å²) in [4.78, 5) is 0. The van der Waals surface area contributed by atoms with E-state index in [2.05, 4.69) is 81.7 Å². The van der Waals surface area contributed by atoms with Crippen molar-refractivity contribution in [3.63, 3.8) is 0 Å². The molecule has 0 amide bonds. The summed E-state index contributed by atoms with van der Waals surface area (Å²) in [5.41, 5.74) is 4.93. The van der Waals surface area contributed by atoms with Crippen molar-refractivity contribution in [3.05, 3.63) is 81.6 Å². The summed E-state index contributed by atoms with van der Waals surface area (Å²) in [5.74, 6) is 0. The first-order valence-electron chi connectivity index (χ1n) is 7.44. The third-order valence-corrected chi connectivity index (χ3v) is 4.14. The molecule has 3 aromatic rings. The molecule has 3 nitrogen and oxygen atoms in total. The standard InChI is InChI=1S/C18H18BrN3/c1-2-22-13-18(20-21-22)12-16-5-3-4-15(11-16)10-14-6-8-17(19)9-7-14/h3-9,11,13H,2,10,12H2,1H3. The zero-order valence-electron chi connectivity index (χ0n) is 12.5. The molecule has 3 rings (SSSR count). The molecular formula is C18H18BrN3. The highest BCUT2D eigenvalue weighted by Gasteiger charge is 2.03. The molecule has 1 aromatic heterocycles. The van der Waals surface area contributed by atoms with Gasteiger partial charge in [0.2, 0.25) is 0 Å². The van der Waals surface area contributed by atoms with Gasteiger partial charge in [-0.15, -0.1) is 5.10 Å². The highest BCUT2D eigenvalue weighted by molar-refractivity contribution is 9.10. The largest absolute Gasteiger partial charge is 0.253 e. The van der Waals surface area contributed by atoms with Crippen molar-refractivity contribution in [2.24, 2.45) is 0 Å². The lowest BCUT2D eigenvalue weighted by atomic mass is 10.0. The minimum absolute atomic E-state index is 0.828. The van der Waals surface area contributed by atoms with Crippen LogP contribution in [0.25, 0.3) is 0 Å². The van der Waals surface area contributed by atoms with Crippen LogP contribution in [0.3, 0.4) is 0 Å². The van der Waals surface area contributed by atoms with Crippen LogP contribution >= 0.6 is 15.9 Å². The summed E-state index contributed by atoms with van der Waals surface area (Å²) < 4.78 is 2.98. The first-order chi connectivity index (χ1) is 10.7. The maximum absolute atomic E-state index is 4.21. The molecule has 0 spiro atoms. The average molecular weight is 356 g/mol. The van der Waals surface area contributed by atoms with Crippen molar-refractivity contribution in [2.75, 3.05) is 0 Å². The fourth-order valence-electron chi connectivity index (χ4n) is 2.47. The molecule has 0 aliphatic carbocycles. The van der Waals surface area contributed by atoms with Crippen LogP contribution in [-0.4, -0.2) is 15.0 Å². The van der Waals surface area contributed by atoms with Crippen molar-refractivity contribution in [3.8, 4) is 0 Å². The van der Waals surface area contributed by atoms with Crippen LogP contribution in [0.2, 0.25) is 0 Å². The van der Waals surface area contributed by atoms with Crippen LogP contribution in [0, 0.1) is 0 Å². The summed E-state index contributed by atoms with van der Waals surface area (Å²) in [7, 11) is 0. The molecule has 0 aliphatic heterocycles.